The number of benzene rings is 2. The number of hydrogen-bond acceptors (Lipinski definition) is 5. The first-order valence-corrected chi connectivity index (χ1v) is 10.7. The molecule has 5 rings (SSSR count). The Morgan fingerprint density at radius 2 is 1.67 bits per heavy atom. The highest BCUT2D eigenvalue weighted by molar-refractivity contribution is 5.44. The summed E-state index contributed by atoms with van der Waals surface area (Å²) in [5.74, 6) is 2.31. The highest BCUT2D eigenvalue weighted by Gasteiger charge is 2.40. The van der Waals surface area contributed by atoms with Gasteiger partial charge in [-0.05, 0) is 49.1 Å². The summed E-state index contributed by atoms with van der Waals surface area (Å²) in [6, 6.07) is 19.4. The first-order valence-electron chi connectivity index (χ1n) is 10.7. The van der Waals surface area contributed by atoms with E-state index >= 15 is 0 Å². The van der Waals surface area contributed by atoms with Gasteiger partial charge in [0.15, 0.2) is 5.82 Å². The molecule has 2 fully saturated rings. The Kier molecular flexibility index (Phi) is 4.91. The summed E-state index contributed by atoms with van der Waals surface area (Å²) in [6.45, 7) is 3.71. The smallest absolute Gasteiger partial charge is 0.168 e. The van der Waals surface area contributed by atoms with E-state index in [1.165, 1.54) is 36.0 Å². The maximum absolute atomic E-state index is 9.48. The molecule has 0 amide bonds. The summed E-state index contributed by atoms with van der Waals surface area (Å²) < 4.78 is 5.95. The van der Waals surface area contributed by atoms with Crippen molar-refractivity contribution in [3.8, 4) is 5.75 Å². The van der Waals surface area contributed by atoms with Crippen LogP contribution in [0.2, 0.25) is 0 Å². The molecule has 2 aromatic carbocycles. The second-order valence-corrected chi connectivity index (χ2v) is 8.50. The van der Waals surface area contributed by atoms with E-state index in [0.717, 1.165) is 11.6 Å². The topological polar surface area (TPSA) is 58.5 Å². The summed E-state index contributed by atoms with van der Waals surface area (Å²) in [5.41, 5.74) is 4.22. The van der Waals surface area contributed by atoms with E-state index in [4.69, 9.17) is 4.74 Å². The third-order valence-corrected chi connectivity index (χ3v) is 6.46. The molecule has 5 heteroatoms. The van der Waals surface area contributed by atoms with Crippen LogP contribution in [0, 0.1) is 6.92 Å². The van der Waals surface area contributed by atoms with Crippen molar-refractivity contribution >= 4 is 5.82 Å². The predicted molar refractivity (Wildman–Crippen MR) is 117 cm³/mol. The second-order valence-electron chi connectivity index (χ2n) is 8.50. The fraction of sp³-hybridized carbons (Fsp3) is 0.360. The van der Waals surface area contributed by atoms with Gasteiger partial charge < -0.3 is 14.7 Å². The van der Waals surface area contributed by atoms with E-state index in [9.17, 15) is 5.11 Å². The van der Waals surface area contributed by atoms with Crippen molar-refractivity contribution in [3.63, 3.8) is 0 Å². The molecule has 2 heterocycles. The zero-order valence-electron chi connectivity index (χ0n) is 17.3. The first kappa shape index (κ1) is 19.1. The van der Waals surface area contributed by atoms with E-state index in [2.05, 4.69) is 65.4 Å². The Morgan fingerprint density at radius 1 is 1.00 bits per heavy atom. The minimum Gasteiger partial charge on any atom is -0.486 e. The molecule has 0 spiro atoms. The van der Waals surface area contributed by atoms with E-state index in [1.54, 1.807) is 6.20 Å². The number of aromatic nitrogens is 2. The van der Waals surface area contributed by atoms with Crippen LogP contribution in [0.1, 0.15) is 41.8 Å². The van der Waals surface area contributed by atoms with E-state index in [1.807, 2.05) is 11.0 Å². The Bertz CT molecular complexity index is 1010. The maximum atomic E-state index is 9.48. The van der Waals surface area contributed by atoms with Gasteiger partial charge in [-0.15, -0.1) is 0 Å². The number of β-amino-alcohol motifs (C(OH)–C–C–N with tert-alkyl or cyclic N) is 1. The molecule has 3 aromatic rings. The van der Waals surface area contributed by atoms with Crippen LogP contribution in [0.4, 0.5) is 5.82 Å². The van der Waals surface area contributed by atoms with Crippen molar-refractivity contribution < 1.29 is 9.84 Å². The van der Waals surface area contributed by atoms with Crippen LogP contribution in [0.3, 0.4) is 0 Å². The molecule has 1 aliphatic carbocycles. The first-order chi connectivity index (χ1) is 14.6. The Hall–Kier alpha value is -2.92. The molecule has 0 atom stereocenters. The lowest BCUT2D eigenvalue weighted by atomic mass is 9.60. The minimum absolute atomic E-state index is 0.144. The van der Waals surface area contributed by atoms with Gasteiger partial charge in [-0.3, -0.25) is 0 Å². The number of anilines is 1. The molecule has 1 N–H and O–H groups in total. The Morgan fingerprint density at radius 3 is 2.27 bits per heavy atom. The van der Waals surface area contributed by atoms with Crippen LogP contribution < -0.4 is 9.64 Å². The van der Waals surface area contributed by atoms with Crippen LogP contribution in [-0.2, 0) is 12.0 Å². The molecular weight excluding hydrogens is 374 g/mol. The third-order valence-electron chi connectivity index (χ3n) is 6.46. The summed E-state index contributed by atoms with van der Waals surface area (Å²) in [7, 11) is 0. The van der Waals surface area contributed by atoms with Gasteiger partial charge in [0, 0.05) is 24.7 Å². The number of hydrogen-bond donors (Lipinski definition) is 1. The molecular formula is C25H27N3O2. The SMILES string of the molecule is Cc1ccc(C2(c3ccc(OCc4nccc(N5CC(O)C5)n4)cc3)CCC2)cc1. The zero-order valence-corrected chi connectivity index (χ0v) is 17.3. The summed E-state index contributed by atoms with van der Waals surface area (Å²) >= 11 is 0. The van der Waals surface area contributed by atoms with Crippen molar-refractivity contribution in [2.75, 3.05) is 18.0 Å². The highest BCUT2D eigenvalue weighted by Crippen LogP contribution is 2.49. The molecule has 0 radical (unpaired) electrons. The summed E-state index contributed by atoms with van der Waals surface area (Å²) in [5, 5.41) is 9.48. The number of nitrogens with zero attached hydrogens (tertiary/aromatic N) is 3. The van der Waals surface area contributed by atoms with Crippen molar-refractivity contribution in [3.05, 3.63) is 83.3 Å². The molecule has 1 saturated carbocycles. The van der Waals surface area contributed by atoms with Gasteiger partial charge in [-0.25, -0.2) is 9.97 Å². The molecule has 1 aliphatic heterocycles. The normalized spacial score (nSPS) is 17.9. The van der Waals surface area contributed by atoms with Gasteiger partial charge in [0.25, 0.3) is 0 Å². The fourth-order valence-electron chi connectivity index (χ4n) is 4.44. The van der Waals surface area contributed by atoms with Crippen LogP contribution in [0.15, 0.2) is 60.8 Å². The predicted octanol–water partition coefficient (Wildman–Crippen LogP) is 4.01. The third kappa shape index (κ3) is 3.54. The maximum Gasteiger partial charge on any atom is 0.168 e. The van der Waals surface area contributed by atoms with Gasteiger partial charge in [-0.2, -0.15) is 0 Å². The summed E-state index contributed by atoms with van der Waals surface area (Å²) in [4.78, 5) is 10.9. The van der Waals surface area contributed by atoms with E-state index in [0.29, 0.717) is 25.5 Å². The standard InChI is InChI=1S/C25H27N3O2/c1-18-3-5-19(6-4-18)25(12-2-13-25)20-7-9-22(10-8-20)30-17-23-26-14-11-24(27-23)28-15-21(29)16-28/h3-11,14,21,29H,2,12-13,15-17H2,1H3. The van der Waals surface area contributed by atoms with Crippen LogP contribution >= 0.6 is 0 Å². The van der Waals surface area contributed by atoms with Crippen molar-refractivity contribution in [2.24, 2.45) is 0 Å². The minimum atomic E-state index is -0.253. The van der Waals surface area contributed by atoms with Gasteiger partial charge in [-0.1, -0.05) is 48.4 Å². The number of aliphatic hydroxyl groups is 1. The average molecular weight is 402 g/mol. The van der Waals surface area contributed by atoms with Gasteiger partial charge in [0.05, 0.1) is 6.10 Å². The highest BCUT2D eigenvalue weighted by atomic mass is 16.5. The van der Waals surface area contributed by atoms with Crippen molar-refractivity contribution in [1.82, 2.24) is 9.97 Å². The number of aryl methyl sites for hydroxylation is 1. The lowest BCUT2D eigenvalue weighted by molar-refractivity contribution is 0.141. The van der Waals surface area contributed by atoms with E-state index < -0.39 is 0 Å². The van der Waals surface area contributed by atoms with Crippen LogP contribution in [-0.4, -0.2) is 34.3 Å². The molecule has 0 bridgehead atoms. The van der Waals surface area contributed by atoms with Crippen molar-refractivity contribution in [1.29, 1.82) is 0 Å². The summed E-state index contributed by atoms with van der Waals surface area (Å²) in [6.07, 6.45) is 5.16. The molecule has 2 aliphatic rings. The zero-order chi connectivity index (χ0) is 20.6. The lowest BCUT2D eigenvalue weighted by Gasteiger charge is -2.43. The quantitative estimate of drug-likeness (QED) is 0.676. The molecule has 154 valence electrons. The van der Waals surface area contributed by atoms with Crippen LogP contribution in [0.5, 0.6) is 5.75 Å². The van der Waals surface area contributed by atoms with E-state index in [-0.39, 0.29) is 11.5 Å². The van der Waals surface area contributed by atoms with Crippen LogP contribution in [0.25, 0.3) is 0 Å². The number of aliphatic hydroxyl groups excluding tert-OH is 1. The fourth-order valence-corrected chi connectivity index (χ4v) is 4.44. The lowest BCUT2D eigenvalue weighted by Crippen LogP contribution is -2.51. The average Bonchev–Trinajstić information content (AvgIpc) is 2.72. The van der Waals surface area contributed by atoms with Gasteiger partial charge >= 0.3 is 0 Å². The van der Waals surface area contributed by atoms with Crippen molar-refractivity contribution in [2.45, 2.75) is 44.3 Å². The molecule has 5 nitrogen and oxygen atoms in total. The van der Waals surface area contributed by atoms with Gasteiger partial charge in [0.2, 0.25) is 0 Å². The molecule has 1 aromatic heterocycles. The van der Waals surface area contributed by atoms with Gasteiger partial charge in [0.1, 0.15) is 18.2 Å². The monoisotopic (exact) mass is 401 g/mol. The Balaban J connectivity index is 1.26. The number of rotatable bonds is 6. The molecule has 0 unspecified atom stereocenters. The molecule has 1 saturated heterocycles. The molecule has 30 heavy (non-hydrogen) atoms. The second kappa shape index (κ2) is 7.73. The largest absolute Gasteiger partial charge is 0.486 e. The number of ether oxygens (including phenoxy) is 1. The Labute approximate surface area is 177 Å².